The summed E-state index contributed by atoms with van der Waals surface area (Å²) in [6.45, 7) is 7.24. The van der Waals surface area contributed by atoms with E-state index in [1.807, 2.05) is 39.0 Å². The van der Waals surface area contributed by atoms with E-state index in [1.165, 1.54) is 0 Å². The Bertz CT molecular complexity index is 371. The van der Waals surface area contributed by atoms with E-state index in [0.717, 1.165) is 11.3 Å². The molecule has 0 amide bonds. The minimum Gasteiger partial charge on any atom is -0.497 e. The highest BCUT2D eigenvalue weighted by molar-refractivity contribution is 5.29. The lowest BCUT2D eigenvalue weighted by Crippen LogP contribution is -2.22. The van der Waals surface area contributed by atoms with Crippen LogP contribution in [0.15, 0.2) is 24.3 Å². The summed E-state index contributed by atoms with van der Waals surface area (Å²) >= 11 is 0. The summed E-state index contributed by atoms with van der Waals surface area (Å²) < 4.78 is 16.0. The summed E-state index contributed by atoms with van der Waals surface area (Å²) in [5.41, 5.74) is 0.630. The molecule has 108 valence electrons. The summed E-state index contributed by atoms with van der Waals surface area (Å²) in [6, 6.07) is 7.34. The number of benzene rings is 1. The van der Waals surface area contributed by atoms with Gasteiger partial charge in [-0.3, -0.25) is 0 Å². The van der Waals surface area contributed by atoms with E-state index < -0.39 is 6.10 Å². The summed E-state index contributed by atoms with van der Waals surface area (Å²) in [5.74, 6) is 0.729. The second kappa shape index (κ2) is 7.48. The van der Waals surface area contributed by atoms with Crippen LogP contribution in [0.4, 0.5) is 0 Å². The highest BCUT2D eigenvalue weighted by Gasteiger charge is 2.11. The molecule has 1 aromatic rings. The molecule has 1 unspecified atom stereocenters. The van der Waals surface area contributed by atoms with Crippen LogP contribution in [-0.2, 0) is 9.47 Å². The Labute approximate surface area is 115 Å². The Kier molecular flexibility index (Phi) is 6.28. The molecule has 1 atom stereocenters. The Balaban J connectivity index is 2.29. The van der Waals surface area contributed by atoms with Crippen molar-refractivity contribution in [3.63, 3.8) is 0 Å². The maximum Gasteiger partial charge on any atom is 0.119 e. The SMILES string of the molecule is COc1cccc(C(O)COCCOC(C)(C)C)c1. The lowest BCUT2D eigenvalue weighted by Gasteiger charge is -2.19. The molecule has 1 N–H and O–H groups in total. The van der Waals surface area contributed by atoms with Crippen molar-refractivity contribution in [2.75, 3.05) is 26.9 Å². The fourth-order valence-electron chi connectivity index (χ4n) is 1.55. The molecule has 0 aliphatic heterocycles. The van der Waals surface area contributed by atoms with Crippen molar-refractivity contribution in [3.8, 4) is 5.75 Å². The first-order valence-electron chi connectivity index (χ1n) is 6.46. The first kappa shape index (κ1) is 16.0. The minimum absolute atomic E-state index is 0.158. The number of ether oxygens (including phenoxy) is 3. The predicted molar refractivity (Wildman–Crippen MR) is 74.5 cm³/mol. The average molecular weight is 268 g/mol. The monoisotopic (exact) mass is 268 g/mol. The molecular weight excluding hydrogens is 244 g/mol. The van der Waals surface area contributed by atoms with Gasteiger partial charge in [-0.15, -0.1) is 0 Å². The fourth-order valence-corrected chi connectivity index (χ4v) is 1.55. The zero-order chi connectivity index (χ0) is 14.3. The van der Waals surface area contributed by atoms with Gasteiger partial charge in [0, 0.05) is 0 Å². The molecule has 0 radical (unpaired) electrons. The van der Waals surface area contributed by atoms with E-state index in [2.05, 4.69) is 0 Å². The molecule has 1 rings (SSSR count). The number of hydrogen-bond acceptors (Lipinski definition) is 4. The van der Waals surface area contributed by atoms with Gasteiger partial charge in [0.15, 0.2) is 0 Å². The van der Waals surface area contributed by atoms with Crippen LogP contribution in [0.1, 0.15) is 32.4 Å². The molecule has 19 heavy (non-hydrogen) atoms. The zero-order valence-electron chi connectivity index (χ0n) is 12.2. The predicted octanol–water partition coefficient (Wildman–Crippen LogP) is 2.56. The van der Waals surface area contributed by atoms with Crippen molar-refractivity contribution in [1.82, 2.24) is 0 Å². The van der Waals surface area contributed by atoms with Crippen LogP contribution in [0.5, 0.6) is 5.75 Å². The number of aliphatic hydroxyl groups excluding tert-OH is 1. The Hall–Kier alpha value is -1.10. The van der Waals surface area contributed by atoms with Gasteiger partial charge in [0.05, 0.1) is 32.5 Å². The van der Waals surface area contributed by atoms with Crippen molar-refractivity contribution in [2.24, 2.45) is 0 Å². The second-order valence-corrected chi connectivity index (χ2v) is 5.33. The first-order valence-corrected chi connectivity index (χ1v) is 6.46. The first-order chi connectivity index (χ1) is 8.92. The molecule has 0 aliphatic carbocycles. The van der Waals surface area contributed by atoms with Gasteiger partial charge in [-0.2, -0.15) is 0 Å². The van der Waals surface area contributed by atoms with E-state index >= 15 is 0 Å². The standard InChI is InChI=1S/C15H24O4/c1-15(2,3)19-9-8-18-11-14(16)12-6-5-7-13(10-12)17-4/h5-7,10,14,16H,8-9,11H2,1-4H3. The third kappa shape index (κ3) is 6.57. The number of aliphatic hydroxyl groups is 1. The smallest absolute Gasteiger partial charge is 0.119 e. The lowest BCUT2D eigenvalue weighted by atomic mass is 10.1. The molecule has 4 heteroatoms. The van der Waals surface area contributed by atoms with E-state index in [0.29, 0.717) is 13.2 Å². The van der Waals surface area contributed by atoms with Crippen molar-refractivity contribution < 1.29 is 19.3 Å². The van der Waals surface area contributed by atoms with E-state index in [9.17, 15) is 5.11 Å². The van der Waals surface area contributed by atoms with Gasteiger partial charge in [-0.25, -0.2) is 0 Å². The molecule has 4 nitrogen and oxygen atoms in total. The van der Waals surface area contributed by atoms with E-state index in [-0.39, 0.29) is 12.2 Å². The van der Waals surface area contributed by atoms with Crippen molar-refractivity contribution in [1.29, 1.82) is 0 Å². The highest BCUT2D eigenvalue weighted by Crippen LogP contribution is 2.19. The summed E-state index contributed by atoms with van der Waals surface area (Å²) in [7, 11) is 1.60. The second-order valence-electron chi connectivity index (χ2n) is 5.33. The molecule has 0 aliphatic rings. The zero-order valence-corrected chi connectivity index (χ0v) is 12.2. The van der Waals surface area contributed by atoms with Gasteiger partial charge in [0.2, 0.25) is 0 Å². The topological polar surface area (TPSA) is 47.9 Å². The molecular formula is C15H24O4. The van der Waals surface area contributed by atoms with Gasteiger partial charge < -0.3 is 19.3 Å². The highest BCUT2D eigenvalue weighted by atomic mass is 16.5. The third-order valence-electron chi connectivity index (χ3n) is 2.52. The maximum atomic E-state index is 9.98. The minimum atomic E-state index is -0.648. The average Bonchev–Trinajstić information content (AvgIpc) is 2.37. The van der Waals surface area contributed by atoms with Crippen LogP contribution in [0.3, 0.4) is 0 Å². The van der Waals surface area contributed by atoms with Crippen molar-refractivity contribution in [2.45, 2.75) is 32.5 Å². The fraction of sp³-hybridized carbons (Fsp3) is 0.600. The van der Waals surface area contributed by atoms with Crippen LogP contribution in [0, 0.1) is 0 Å². The molecule has 1 aromatic carbocycles. The quantitative estimate of drug-likeness (QED) is 0.772. The summed E-state index contributed by atoms with van der Waals surface area (Å²) in [5, 5.41) is 9.98. The van der Waals surface area contributed by atoms with E-state index in [4.69, 9.17) is 14.2 Å². The van der Waals surface area contributed by atoms with Gasteiger partial charge in [-0.05, 0) is 38.5 Å². The molecule has 0 bridgehead atoms. The molecule has 0 saturated carbocycles. The molecule has 0 saturated heterocycles. The summed E-state index contributed by atoms with van der Waals surface area (Å²) in [4.78, 5) is 0. The van der Waals surface area contributed by atoms with Gasteiger partial charge >= 0.3 is 0 Å². The van der Waals surface area contributed by atoms with Gasteiger partial charge in [-0.1, -0.05) is 12.1 Å². The Morgan fingerprint density at radius 2 is 1.95 bits per heavy atom. The molecule has 0 spiro atoms. The van der Waals surface area contributed by atoms with Crippen molar-refractivity contribution in [3.05, 3.63) is 29.8 Å². The third-order valence-corrected chi connectivity index (χ3v) is 2.52. The van der Waals surface area contributed by atoms with Crippen LogP contribution < -0.4 is 4.74 Å². The van der Waals surface area contributed by atoms with Crippen LogP contribution in [0.25, 0.3) is 0 Å². The maximum absolute atomic E-state index is 9.98. The van der Waals surface area contributed by atoms with Crippen LogP contribution >= 0.6 is 0 Å². The normalized spacial score (nSPS) is 13.3. The van der Waals surface area contributed by atoms with Gasteiger partial charge in [0.25, 0.3) is 0 Å². The molecule has 0 heterocycles. The summed E-state index contributed by atoms with van der Waals surface area (Å²) in [6.07, 6.45) is -0.648. The number of methoxy groups -OCH3 is 1. The van der Waals surface area contributed by atoms with Crippen molar-refractivity contribution >= 4 is 0 Å². The number of hydrogen-bond donors (Lipinski definition) is 1. The molecule has 0 fully saturated rings. The largest absolute Gasteiger partial charge is 0.497 e. The van der Waals surface area contributed by atoms with Gasteiger partial charge in [0.1, 0.15) is 11.9 Å². The lowest BCUT2D eigenvalue weighted by molar-refractivity contribution is -0.0477. The number of rotatable bonds is 7. The molecule has 0 aromatic heterocycles. The Morgan fingerprint density at radius 1 is 1.21 bits per heavy atom. The van der Waals surface area contributed by atoms with Crippen LogP contribution in [0.2, 0.25) is 0 Å². The van der Waals surface area contributed by atoms with Crippen LogP contribution in [-0.4, -0.2) is 37.6 Å². The van der Waals surface area contributed by atoms with E-state index in [1.54, 1.807) is 13.2 Å². The Morgan fingerprint density at radius 3 is 2.58 bits per heavy atom.